The predicted molar refractivity (Wildman–Crippen MR) is 452 cm³/mol. The van der Waals surface area contributed by atoms with Crippen molar-refractivity contribution in [1.29, 1.82) is 15.8 Å². The van der Waals surface area contributed by atoms with Crippen molar-refractivity contribution in [3.05, 3.63) is 201 Å². The van der Waals surface area contributed by atoms with Gasteiger partial charge in [0, 0.05) is 53.0 Å². The second-order valence-corrected chi connectivity index (χ2v) is 31.6. The number of hydrogen-bond donors (Lipinski definition) is 6. The zero-order chi connectivity index (χ0) is 93.1. The van der Waals surface area contributed by atoms with Crippen LogP contribution in [0.15, 0.2) is 83.4 Å². The number of benzene rings is 3. The van der Waals surface area contributed by atoms with Gasteiger partial charge >= 0.3 is 59.2 Å². The van der Waals surface area contributed by atoms with Crippen LogP contribution in [-0.2, 0) is 80.7 Å². The standard InChI is InChI=1S/C27H34N4O7.C22H26N4O5.C18H19N3O3.C9H16ClNO4.C8H15NO4.CH4/c1-9-30-21(22(32)19-11-16(4)10-18(12-19)13-28)20(15(2)3)23(33)31(26(30)36)14-37-24(34)17(5)29-25(35)38-27(6,7)8;1-6-25-18(19(27)16-8-13(4)7-15(9-16)10-23)17(12(2)3)20(28)26(22(25)30)11-31-21(29)14(5)24;1-5-21-15(14(10(2)3)17(23)20-18(21)24)16(22)13-7-11(4)6-12(8-13)9-19;1-6(7(12)14-5-10)11-8(13)15-9(2,3)4;1-5(6(10)11)9-7(12)13-8(2,3)4;/h10-12,15,17H,9,14H2,1-8H3,(H,29,35);7-9,12,14H,6,11,24H2,1-5H3;6-8,10H,5H2,1-4H3,(H,20,23,24);6H,5H2,1-4H3,(H,11,13);5H,1-4H3,(H,9,12)(H,10,11);1H4/t17-;14-;;6-;5-;/m00.00./s1. The number of esters is 3. The van der Waals surface area contributed by atoms with E-state index in [0.29, 0.717) is 27.8 Å². The highest BCUT2D eigenvalue weighted by molar-refractivity contribution is 6.17. The number of rotatable bonds is 24. The second kappa shape index (κ2) is 47.2. The number of alkyl halides is 1. The highest BCUT2D eigenvalue weighted by Crippen LogP contribution is 2.25. The highest BCUT2D eigenvalue weighted by Gasteiger charge is 2.32. The molecule has 0 unspecified atom stereocenters. The smallest absolute Gasteiger partial charge is 0.408 e. The van der Waals surface area contributed by atoms with Gasteiger partial charge in [-0.2, -0.15) is 15.8 Å². The summed E-state index contributed by atoms with van der Waals surface area (Å²) in [5.41, 5.74) is 3.48. The topological polar surface area (TPSA) is 523 Å². The number of aromatic nitrogens is 6. The Balaban J connectivity index is 0.000000800. The van der Waals surface area contributed by atoms with Gasteiger partial charge in [-0.3, -0.25) is 57.0 Å². The van der Waals surface area contributed by atoms with E-state index in [2.05, 4.69) is 25.7 Å². The van der Waals surface area contributed by atoms with Crippen molar-refractivity contribution in [2.45, 2.75) is 272 Å². The third kappa shape index (κ3) is 31.7. The molecule has 0 aliphatic carbocycles. The number of nitrogens with zero attached hydrogens (tertiary/aromatic N) is 8. The second-order valence-electron chi connectivity index (χ2n) is 31.3. The van der Waals surface area contributed by atoms with Crippen LogP contribution in [0.4, 0.5) is 14.4 Å². The summed E-state index contributed by atoms with van der Waals surface area (Å²) in [4.78, 5) is 199. The Kier molecular flexibility index (Phi) is 41.4. The summed E-state index contributed by atoms with van der Waals surface area (Å²) < 4.78 is 34.7. The van der Waals surface area contributed by atoms with E-state index in [1.54, 1.807) is 182 Å². The number of nitrogens with one attached hydrogen (secondary N) is 4. The van der Waals surface area contributed by atoms with E-state index < -0.39 is 160 Å². The molecule has 7 N–H and O–H groups in total. The van der Waals surface area contributed by atoms with E-state index in [-0.39, 0.29) is 89.5 Å². The number of nitrogens with two attached hydrogens (primary N) is 1. The molecule has 6 rings (SSSR count). The molecule has 0 radical (unpaired) electrons. The molecule has 4 atom stereocenters. The molecule has 0 bridgehead atoms. The van der Waals surface area contributed by atoms with Crippen molar-refractivity contribution in [1.82, 2.24) is 43.8 Å². The molecule has 3 aromatic heterocycles. The average Bonchev–Trinajstić information content (AvgIpc) is 0.758. The number of aryl methyl sites for hydroxylation is 3. The van der Waals surface area contributed by atoms with Gasteiger partial charge in [0.25, 0.3) is 16.7 Å². The average molecular weight is 1720 g/mol. The van der Waals surface area contributed by atoms with Gasteiger partial charge in [0.1, 0.15) is 58.1 Å². The van der Waals surface area contributed by atoms with E-state index in [9.17, 15) is 87.2 Å². The number of aromatic amines is 1. The fraction of sp³-hybridized carbons (Fsp3) is 0.494. The van der Waals surface area contributed by atoms with Gasteiger partial charge in [0.2, 0.25) is 17.3 Å². The molecule has 122 heavy (non-hydrogen) atoms. The number of carboxylic acid groups (broad SMARTS) is 1. The van der Waals surface area contributed by atoms with Crippen LogP contribution in [0, 0.1) is 54.8 Å². The van der Waals surface area contributed by atoms with Crippen molar-refractivity contribution < 1.29 is 81.5 Å². The Morgan fingerprint density at radius 2 is 0.738 bits per heavy atom. The van der Waals surface area contributed by atoms with Gasteiger partial charge in [0.15, 0.2) is 19.5 Å². The normalized spacial score (nSPS) is 11.8. The Morgan fingerprint density at radius 1 is 0.451 bits per heavy atom. The molecular weight excluding hydrogens is 1610 g/mol. The number of carbonyl (C=O) groups excluding carboxylic acids is 9. The minimum atomic E-state index is -1.12. The molecule has 3 amide bonds. The molecule has 6 aromatic rings. The third-order valence-electron chi connectivity index (χ3n) is 16.4. The van der Waals surface area contributed by atoms with Crippen LogP contribution in [0.1, 0.15) is 276 Å². The van der Waals surface area contributed by atoms with Crippen molar-refractivity contribution in [2.75, 3.05) is 6.07 Å². The summed E-state index contributed by atoms with van der Waals surface area (Å²) >= 11 is 5.20. The molecule has 3 aromatic carbocycles. The summed E-state index contributed by atoms with van der Waals surface area (Å²) in [6, 6.07) is 16.1. The number of amides is 3. The van der Waals surface area contributed by atoms with Crippen LogP contribution < -0.4 is 55.4 Å². The molecule has 0 fully saturated rings. The van der Waals surface area contributed by atoms with Crippen LogP contribution in [0.3, 0.4) is 0 Å². The number of halogens is 1. The zero-order valence-electron chi connectivity index (χ0n) is 72.9. The van der Waals surface area contributed by atoms with E-state index >= 15 is 0 Å². The highest BCUT2D eigenvalue weighted by atomic mass is 35.5. The lowest BCUT2D eigenvalue weighted by atomic mass is 9.95. The summed E-state index contributed by atoms with van der Waals surface area (Å²) in [5, 5.41) is 42.9. The van der Waals surface area contributed by atoms with Gasteiger partial charge in [-0.05, 0) is 221 Å². The van der Waals surface area contributed by atoms with Crippen LogP contribution in [-0.4, -0.2) is 139 Å². The lowest BCUT2D eigenvalue weighted by Gasteiger charge is -2.22. The molecule has 0 aliphatic rings. The first-order valence-electron chi connectivity index (χ1n) is 38.3. The molecule has 0 aliphatic heterocycles. The van der Waals surface area contributed by atoms with E-state index in [0.717, 1.165) is 19.3 Å². The zero-order valence-corrected chi connectivity index (χ0v) is 73.7. The van der Waals surface area contributed by atoms with Crippen molar-refractivity contribution >= 4 is 71.1 Å². The maximum atomic E-state index is 13.6. The van der Waals surface area contributed by atoms with Crippen molar-refractivity contribution in [3.8, 4) is 18.2 Å². The number of alkyl carbamates (subject to hydrolysis) is 3. The number of carbonyl (C=O) groups is 10. The fourth-order valence-corrected chi connectivity index (χ4v) is 11.2. The monoisotopic (exact) mass is 1720 g/mol. The summed E-state index contributed by atoms with van der Waals surface area (Å²) in [6.07, 6.45) is -2.21. The van der Waals surface area contributed by atoms with Crippen LogP contribution in [0.25, 0.3) is 0 Å². The molecule has 3 heterocycles. The Hall–Kier alpha value is -12.9. The first-order chi connectivity index (χ1) is 55.9. The number of aliphatic carboxylic acids is 1. The SMILES string of the molecule is C.CCn1c(C(=O)c2cc(C)cc(C#N)c2)c(C(C)C)c(=O)[nH]c1=O.CCn1c(C(=O)c2cc(C)cc(C#N)c2)c(C(C)C)c(=O)n(COC(=O)[C@H](C)N)c1=O.CCn1c(C(=O)c2cc(C)cc(C#N)c2)c(C(C)C)c(=O)n(COC(=O)[C@H](C)NC(=O)OC(C)(C)C)c1=O.C[C@H](NC(=O)OC(C)(C)C)C(=O)O.C[C@H](NC(=O)OC(C)(C)C)C(=O)OCCl. The first-order valence-corrected chi connectivity index (χ1v) is 38.8. The fourth-order valence-electron chi connectivity index (χ4n) is 11.1. The van der Waals surface area contributed by atoms with Gasteiger partial charge in [0.05, 0.1) is 34.9 Å². The third-order valence-corrected chi connectivity index (χ3v) is 16.5. The molecule has 0 saturated carbocycles. The van der Waals surface area contributed by atoms with Gasteiger partial charge in [-0.25, -0.2) is 47.5 Å². The number of H-pyrrole nitrogens is 1. The molecule has 0 saturated heterocycles. The lowest BCUT2D eigenvalue weighted by Crippen LogP contribution is -2.47. The van der Waals surface area contributed by atoms with Gasteiger partial charge in [-0.15, -0.1) is 0 Å². The van der Waals surface area contributed by atoms with Crippen molar-refractivity contribution in [2.24, 2.45) is 5.73 Å². The molecule has 37 heteroatoms. The van der Waals surface area contributed by atoms with E-state index in [4.69, 9.17) is 51.4 Å². The number of nitriles is 3. The quantitative estimate of drug-likeness (QED) is 0.0142. The maximum absolute atomic E-state index is 13.6. The molecule has 0 spiro atoms. The summed E-state index contributed by atoms with van der Waals surface area (Å²) in [7, 11) is 0. The minimum absolute atomic E-state index is 0. The molecular formula is C85H114ClN13O23. The maximum Gasteiger partial charge on any atom is 0.408 e. The number of carboxylic acids is 1. The van der Waals surface area contributed by atoms with Gasteiger partial charge < -0.3 is 55.2 Å². The minimum Gasteiger partial charge on any atom is -0.480 e. The van der Waals surface area contributed by atoms with E-state index in [1.807, 2.05) is 18.2 Å². The Labute approximate surface area is 712 Å². The van der Waals surface area contributed by atoms with E-state index in [1.165, 1.54) is 55.0 Å². The molecule has 664 valence electrons. The van der Waals surface area contributed by atoms with Gasteiger partial charge in [-0.1, -0.05) is 60.6 Å². The number of ether oxygens (including phenoxy) is 6. The predicted octanol–water partition coefficient (Wildman–Crippen LogP) is 9.74. The van der Waals surface area contributed by atoms with Crippen LogP contribution in [0.2, 0.25) is 0 Å². The number of ketones is 3. The number of hydrogen-bond acceptors (Lipinski definition) is 26. The van der Waals surface area contributed by atoms with Crippen molar-refractivity contribution in [3.63, 3.8) is 0 Å². The van der Waals surface area contributed by atoms with Crippen LogP contribution in [0.5, 0.6) is 0 Å². The Bertz CT molecular complexity index is 5370. The van der Waals surface area contributed by atoms with Crippen LogP contribution >= 0.6 is 11.6 Å². The largest absolute Gasteiger partial charge is 0.480 e. The lowest BCUT2D eigenvalue weighted by molar-refractivity contribution is -0.150. The summed E-state index contributed by atoms with van der Waals surface area (Å²) in [6.45, 7) is 40.9. The Morgan fingerprint density at radius 3 is 1.00 bits per heavy atom. The summed E-state index contributed by atoms with van der Waals surface area (Å²) in [5.74, 6) is -5.96. The first kappa shape index (κ1) is 107. The molecule has 36 nitrogen and oxygen atoms in total.